The fourth-order valence-corrected chi connectivity index (χ4v) is 2.49. The van der Waals surface area contributed by atoms with Gasteiger partial charge in [0.1, 0.15) is 11.6 Å². The number of rotatable bonds is 5. The van der Waals surface area contributed by atoms with Gasteiger partial charge in [-0.3, -0.25) is 4.79 Å². The molecule has 0 fully saturated rings. The first-order chi connectivity index (χ1) is 9.97. The molecule has 0 radical (unpaired) electrons. The summed E-state index contributed by atoms with van der Waals surface area (Å²) in [5.74, 6) is -2.18. The highest BCUT2D eigenvalue weighted by atomic mass is 79.9. The molecule has 0 aliphatic heterocycles. The van der Waals surface area contributed by atoms with Crippen LogP contribution in [-0.2, 0) is 4.79 Å². The highest BCUT2D eigenvalue weighted by Crippen LogP contribution is 2.24. The summed E-state index contributed by atoms with van der Waals surface area (Å²) < 4.78 is 19.2. The average Bonchev–Trinajstić information content (AvgIpc) is 2.88. The summed E-state index contributed by atoms with van der Waals surface area (Å²) >= 11 is 4.10. The summed E-state index contributed by atoms with van der Waals surface area (Å²) in [4.78, 5) is 22.6. The molecule has 8 heteroatoms. The zero-order valence-corrected chi connectivity index (χ0v) is 12.8. The topological polar surface area (TPSA) is 75.6 Å². The lowest BCUT2D eigenvalue weighted by molar-refractivity contribution is -0.118. The van der Waals surface area contributed by atoms with Crippen LogP contribution in [0.1, 0.15) is 9.67 Å². The average molecular weight is 374 g/mol. The Labute approximate surface area is 131 Å². The molecule has 2 N–H and O–H groups in total. The lowest BCUT2D eigenvalue weighted by Gasteiger charge is -2.08. The van der Waals surface area contributed by atoms with Crippen LogP contribution in [0.3, 0.4) is 0 Å². The van der Waals surface area contributed by atoms with Gasteiger partial charge in [0.05, 0.1) is 5.69 Å². The number of carboxylic acid groups (broad SMARTS) is 1. The Kier molecular flexibility index (Phi) is 4.92. The van der Waals surface area contributed by atoms with E-state index in [4.69, 9.17) is 9.84 Å². The van der Waals surface area contributed by atoms with Gasteiger partial charge >= 0.3 is 5.97 Å². The van der Waals surface area contributed by atoms with E-state index in [1.54, 1.807) is 11.4 Å². The van der Waals surface area contributed by atoms with Crippen molar-refractivity contribution in [2.45, 2.75) is 0 Å². The van der Waals surface area contributed by atoms with Crippen molar-refractivity contribution in [3.8, 4) is 5.75 Å². The Balaban J connectivity index is 1.96. The molecule has 21 heavy (non-hydrogen) atoms. The molecular formula is C13H9BrFNO4S. The van der Waals surface area contributed by atoms with Crippen molar-refractivity contribution in [2.75, 3.05) is 11.9 Å². The second-order valence-corrected chi connectivity index (χ2v) is 5.71. The van der Waals surface area contributed by atoms with Crippen LogP contribution in [0.15, 0.2) is 34.1 Å². The van der Waals surface area contributed by atoms with Crippen LogP contribution in [0.4, 0.5) is 10.1 Å². The molecule has 0 aliphatic rings. The van der Waals surface area contributed by atoms with Crippen LogP contribution >= 0.6 is 27.3 Å². The first kappa shape index (κ1) is 15.5. The number of benzene rings is 1. The third-order valence-electron chi connectivity index (χ3n) is 2.39. The summed E-state index contributed by atoms with van der Waals surface area (Å²) in [5.41, 5.74) is 0.0237. The summed E-state index contributed by atoms with van der Waals surface area (Å²) in [7, 11) is 0. The van der Waals surface area contributed by atoms with Crippen molar-refractivity contribution >= 4 is 44.8 Å². The van der Waals surface area contributed by atoms with E-state index in [2.05, 4.69) is 21.2 Å². The number of carbonyl (C=O) groups is 2. The van der Waals surface area contributed by atoms with Crippen molar-refractivity contribution in [2.24, 2.45) is 0 Å². The minimum Gasteiger partial charge on any atom is -0.482 e. The van der Waals surface area contributed by atoms with Gasteiger partial charge in [0, 0.05) is 4.47 Å². The lowest BCUT2D eigenvalue weighted by atomic mass is 10.3. The van der Waals surface area contributed by atoms with E-state index in [9.17, 15) is 14.0 Å². The molecule has 0 saturated carbocycles. The Morgan fingerprint density at radius 2 is 2.14 bits per heavy atom. The minimum absolute atomic E-state index is 0.0117. The number of carboxylic acids is 1. The van der Waals surface area contributed by atoms with Crippen molar-refractivity contribution < 1.29 is 23.8 Å². The maximum Gasteiger partial charge on any atom is 0.349 e. The number of thiophene rings is 1. The fraction of sp³-hybridized carbons (Fsp3) is 0.0769. The van der Waals surface area contributed by atoms with E-state index >= 15 is 0 Å². The normalized spacial score (nSPS) is 10.2. The van der Waals surface area contributed by atoms with Crippen molar-refractivity contribution in [3.05, 3.63) is 44.8 Å². The molecule has 5 nitrogen and oxygen atoms in total. The van der Waals surface area contributed by atoms with Crippen LogP contribution in [0.5, 0.6) is 5.75 Å². The van der Waals surface area contributed by atoms with E-state index in [0.29, 0.717) is 4.47 Å². The number of halogens is 2. The van der Waals surface area contributed by atoms with Gasteiger partial charge in [0.25, 0.3) is 5.91 Å². The Bertz CT molecular complexity index is 689. The third kappa shape index (κ3) is 4.02. The number of ether oxygens (including phenoxy) is 1. The summed E-state index contributed by atoms with van der Waals surface area (Å²) in [6.07, 6.45) is 0. The highest BCUT2D eigenvalue weighted by Gasteiger charge is 2.14. The molecule has 0 bridgehead atoms. The third-order valence-corrected chi connectivity index (χ3v) is 3.76. The predicted molar refractivity (Wildman–Crippen MR) is 79.5 cm³/mol. The molecule has 0 aliphatic carbocycles. The number of hydrogen-bond donors (Lipinski definition) is 2. The Morgan fingerprint density at radius 3 is 2.81 bits per heavy atom. The number of anilines is 1. The van der Waals surface area contributed by atoms with Gasteiger partial charge in [0.2, 0.25) is 0 Å². The van der Waals surface area contributed by atoms with Crippen molar-refractivity contribution in [1.82, 2.24) is 0 Å². The van der Waals surface area contributed by atoms with E-state index in [1.165, 1.54) is 18.2 Å². The van der Waals surface area contributed by atoms with Crippen molar-refractivity contribution in [3.63, 3.8) is 0 Å². The molecular weight excluding hydrogens is 365 g/mol. The summed E-state index contributed by atoms with van der Waals surface area (Å²) in [6, 6.07) is 5.67. The van der Waals surface area contributed by atoms with E-state index < -0.39 is 24.3 Å². The first-order valence-electron chi connectivity index (χ1n) is 5.66. The summed E-state index contributed by atoms with van der Waals surface area (Å²) in [5, 5.41) is 12.8. The predicted octanol–water partition coefficient (Wildman–Crippen LogP) is 3.37. The molecule has 2 rings (SSSR count). The lowest BCUT2D eigenvalue weighted by Crippen LogP contribution is -2.21. The second kappa shape index (κ2) is 6.68. The summed E-state index contributed by atoms with van der Waals surface area (Å²) in [6.45, 7) is -0.410. The monoisotopic (exact) mass is 373 g/mol. The quantitative estimate of drug-likeness (QED) is 0.842. The first-order valence-corrected chi connectivity index (χ1v) is 7.33. The van der Waals surface area contributed by atoms with Gasteiger partial charge in [-0.1, -0.05) is 15.9 Å². The molecule has 1 aromatic carbocycles. The molecule has 1 heterocycles. The maximum absolute atomic E-state index is 13.5. The largest absolute Gasteiger partial charge is 0.482 e. The Hall–Kier alpha value is -1.93. The number of hydrogen-bond acceptors (Lipinski definition) is 4. The van der Waals surface area contributed by atoms with E-state index in [0.717, 1.165) is 11.3 Å². The molecule has 110 valence electrons. The highest BCUT2D eigenvalue weighted by molar-refractivity contribution is 9.10. The van der Waals surface area contributed by atoms with E-state index in [-0.39, 0.29) is 16.3 Å². The van der Waals surface area contributed by atoms with Crippen LogP contribution in [0.2, 0.25) is 0 Å². The van der Waals surface area contributed by atoms with E-state index in [1.807, 2.05) is 0 Å². The molecule has 0 saturated heterocycles. The number of amides is 1. The van der Waals surface area contributed by atoms with Gasteiger partial charge in [-0.2, -0.15) is 0 Å². The number of carbonyl (C=O) groups excluding carboxylic acids is 1. The smallest absolute Gasteiger partial charge is 0.349 e. The van der Waals surface area contributed by atoms with Gasteiger partial charge in [-0.15, -0.1) is 11.3 Å². The van der Waals surface area contributed by atoms with Gasteiger partial charge < -0.3 is 15.2 Å². The van der Waals surface area contributed by atoms with Gasteiger partial charge in [-0.05, 0) is 29.6 Å². The van der Waals surface area contributed by atoms with Crippen LogP contribution in [-0.4, -0.2) is 23.6 Å². The number of nitrogens with one attached hydrogen (secondary N) is 1. The zero-order valence-electron chi connectivity index (χ0n) is 10.4. The van der Waals surface area contributed by atoms with Crippen LogP contribution in [0, 0.1) is 5.82 Å². The molecule has 2 aromatic rings. The molecule has 0 atom stereocenters. The maximum atomic E-state index is 13.5. The SMILES string of the molecule is O=C(COc1ccsc1C(=O)O)Nc1ccc(Br)cc1F. The molecule has 1 amide bonds. The molecule has 0 unspecified atom stereocenters. The zero-order chi connectivity index (χ0) is 15.4. The minimum atomic E-state index is -1.13. The van der Waals surface area contributed by atoms with Crippen LogP contribution < -0.4 is 10.1 Å². The van der Waals surface area contributed by atoms with Crippen LogP contribution in [0.25, 0.3) is 0 Å². The van der Waals surface area contributed by atoms with Gasteiger partial charge in [-0.25, -0.2) is 9.18 Å². The number of aromatic carboxylic acids is 1. The van der Waals surface area contributed by atoms with Crippen molar-refractivity contribution in [1.29, 1.82) is 0 Å². The standard InChI is InChI=1S/C13H9BrFNO4S/c14-7-1-2-9(8(15)5-7)16-11(17)6-20-10-3-4-21-12(10)13(18)19/h1-5H,6H2,(H,16,17)(H,18,19). The molecule has 0 spiro atoms. The fourth-order valence-electron chi connectivity index (χ4n) is 1.49. The van der Waals surface area contributed by atoms with Gasteiger partial charge in [0.15, 0.2) is 11.5 Å². The molecule has 1 aromatic heterocycles. The second-order valence-electron chi connectivity index (χ2n) is 3.88. The Morgan fingerprint density at radius 1 is 1.38 bits per heavy atom.